The van der Waals surface area contributed by atoms with Gasteiger partial charge in [-0.05, 0) is 18.6 Å². The molecule has 0 aliphatic rings. The van der Waals surface area contributed by atoms with Crippen molar-refractivity contribution in [3.05, 3.63) is 40.4 Å². The zero-order chi connectivity index (χ0) is 14.1. The number of methoxy groups -OCH3 is 1. The topological polar surface area (TPSA) is 98.6 Å². The number of rotatable bonds is 3. The van der Waals surface area contributed by atoms with Crippen LogP contribution in [0.15, 0.2) is 29.3 Å². The molecule has 102 valence electrons. The predicted molar refractivity (Wildman–Crippen MR) is 70.5 cm³/mol. The van der Waals surface area contributed by atoms with Crippen molar-refractivity contribution in [2.45, 2.75) is 13.0 Å². The van der Waals surface area contributed by atoms with Gasteiger partial charge in [0.15, 0.2) is 5.52 Å². The molecule has 0 amide bonds. The molecule has 3 aromatic heterocycles. The quantitative estimate of drug-likeness (QED) is 0.746. The van der Waals surface area contributed by atoms with Crippen molar-refractivity contribution in [1.82, 2.24) is 30.2 Å². The number of pyridine rings is 1. The maximum Gasteiger partial charge on any atom is 0.296 e. The Morgan fingerprint density at radius 1 is 1.35 bits per heavy atom. The van der Waals surface area contributed by atoms with E-state index in [2.05, 4.69) is 25.5 Å². The molecule has 0 aromatic carbocycles. The molecule has 0 fully saturated rings. The van der Waals surface area contributed by atoms with Gasteiger partial charge < -0.3 is 4.74 Å². The van der Waals surface area contributed by atoms with Crippen LogP contribution in [0, 0.1) is 0 Å². The standard InChI is InChI=1S/C12H12N6O2/c1-7(8-3-4-10(20-2)13-5-8)18-12(19)11-9(15-17-18)6-14-16-11/h3-7H,1-2H3,(H,14,16)/t7-/m1/s1. The molecule has 3 aromatic rings. The summed E-state index contributed by atoms with van der Waals surface area (Å²) in [6, 6.07) is 3.28. The van der Waals surface area contributed by atoms with Gasteiger partial charge in [-0.15, -0.1) is 5.10 Å². The van der Waals surface area contributed by atoms with E-state index in [0.717, 1.165) is 5.56 Å². The van der Waals surface area contributed by atoms with Crippen LogP contribution in [0.5, 0.6) is 5.88 Å². The van der Waals surface area contributed by atoms with Crippen molar-refractivity contribution < 1.29 is 4.74 Å². The minimum absolute atomic E-state index is 0.268. The van der Waals surface area contributed by atoms with E-state index in [1.807, 2.05) is 13.0 Å². The van der Waals surface area contributed by atoms with Crippen LogP contribution in [0.4, 0.5) is 0 Å². The first-order valence-corrected chi connectivity index (χ1v) is 5.99. The minimum Gasteiger partial charge on any atom is -0.481 e. The second-order valence-electron chi connectivity index (χ2n) is 4.28. The van der Waals surface area contributed by atoms with Crippen LogP contribution < -0.4 is 10.3 Å². The highest BCUT2D eigenvalue weighted by Crippen LogP contribution is 2.16. The number of ether oxygens (including phenoxy) is 1. The lowest BCUT2D eigenvalue weighted by Crippen LogP contribution is -2.27. The molecular weight excluding hydrogens is 260 g/mol. The molecule has 0 saturated carbocycles. The first-order chi connectivity index (χ1) is 9.70. The molecular formula is C12H12N6O2. The zero-order valence-electron chi connectivity index (χ0n) is 10.9. The number of H-pyrrole nitrogens is 1. The summed E-state index contributed by atoms with van der Waals surface area (Å²) in [5, 5.41) is 14.3. The molecule has 1 N–H and O–H groups in total. The Morgan fingerprint density at radius 2 is 2.20 bits per heavy atom. The average molecular weight is 272 g/mol. The third-order valence-corrected chi connectivity index (χ3v) is 3.11. The van der Waals surface area contributed by atoms with Gasteiger partial charge in [-0.1, -0.05) is 5.21 Å². The number of hydrogen-bond acceptors (Lipinski definition) is 6. The Kier molecular flexibility index (Phi) is 2.90. The van der Waals surface area contributed by atoms with Crippen molar-refractivity contribution >= 4 is 11.0 Å². The van der Waals surface area contributed by atoms with E-state index < -0.39 is 0 Å². The van der Waals surface area contributed by atoms with Crippen LogP contribution in [-0.2, 0) is 0 Å². The van der Waals surface area contributed by atoms with Crippen LogP contribution in [-0.4, -0.2) is 37.3 Å². The number of fused-ring (bicyclic) bond motifs is 1. The summed E-state index contributed by atoms with van der Waals surface area (Å²) in [7, 11) is 1.55. The minimum atomic E-state index is -0.291. The fraction of sp³-hybridized carbons (Fsp3) is 0.250. The summed E-state index contributed by atoms with van der Waals surface area (Å²) in [5.41, 5.74) is 1.36. The normalized spacial score (nSPS) is 12.5. The Bertz CT molecular complexity index is 792. The predicted octanol–water partition coefficient (Wildman–Crippen LogP) is 0.527. The monoisotopic (exact) mass is 272 g/mol. The van der Waals surface area contributed by atoms with E-state index in [0.29, 0.717) is 16.9 Å². The van der Waals surface area contributed by atoms with Crippen LogP contribution in [0.3, 0.4) is 0 Å². The van der Waals surface area contributed by atoms with Crippen molar-refractivity contribution in [3.63, 3.8) is 0 Å². The van der Waals surface area contributed by atoms with Crippen LogP contribution in [0.2, 0.25) is 0 Å². The first kappa shape index (κ1) is 12.3. The molecule has 3 heterocycles. The Labute approximate surface area is 113 Å². The molecule has 8 heteroatoms. The van der Waals surface area contributed by atoms with Gasteiger partial charge in [0.05, 0.1) is 19.3 Å². The summed E-state index contributed by atoms with van der Waals surface area (Å²) in [5.74, 6) is 0.517. The maximum absolute atomic E-state index is 12.3. The van der Waals surface area contributed by atoms with E-state index in [4.69, 9.17) is 4.74 Å². The molecule has 0 radical (unpaired) electrons. The van der Waals surface area contributed by atoms with Gasteiger partial charge >= 0.3 is 0 Å². The third-order valence-electron chi connectivity index (χ3n) is 3.11. The fourth-order valence-electron chi connectivity index (χ4n) is 1.92. The smallest absolute Gasteiger partial charge is 0.296 e. The number of nitrogens with zero attached hydrogens (tertiary/aromatic N) is 5. The molecule has 8 nitrogen and oxygen atoms in total. The van der Waals surface area contributed by atoms with Gasteiger partial charge in [0.2, 0.25) is 5.88 Å². The Hall–Kier alpha value is -2.77. The van der Waals surface area contributed by atoms with E-state index in [-0.39, 0.29) is 11.6 Å². The third kappa shape index (κ3) is 1.91. The zero-order valence-corrected chi connectivity index (χ0v) is 10.9. The molecule has 0 aliphatic carbocycles. The highest BCUT2D eigenvalue weighted by Gasteiger charge is 2.15. The molecule has 20 heavy (non-hydrogen) atoms. The van der Waals surface area contributed by atoms with Crippen molar-refractivity contribution in [2.75, 3.05) is 7.11 Å². The van der Waals surface area contributed by atoms with Crippen LogP contribution in [0.25, 0.3) is 11.0 Å². The van der Waals surface area contributed by atoms with E-state index in [1.165, 1.54) is 10.9 Å². The molecule has 0 spiro atoms. The Balaban J connectivity index is 2.04. The molecule has 1 atom stereocenters. The van der Waals surface area contributed by atoms with Gasteiger partial charge in [-0.2, -0.15) is 5.10 Å². The number of aromatic amines is 1. The lowest BCUT2D eigenvalue weighted by molar-refractivity contribution is 0.396. The average Bonchev–Trinajstić information content (AvgIpc) is 2.96. The van der Waals surface area contributed by atoms with Gasteiger partial charge in [0.25, 0.3) is 5.56 Å². The molecule has 0 aliphatic heterocycles. The highest BCUT2D eigenvalue weighted by atomic mass is 16.5. The SMILES string of the molecule is COc1ccc([C@@H](C)n2nnc3cn[nH]c3c2=O)cn1. The number of nitrogens with one attached hydrogen (secondary N) is 1. The lowest BCUT2D eigenvalue weighted by atomic mass is 10.1. The largest absolute Gasteiger partial charge is 0.481 e. The summed E-state index contributed by atoms with van der Waals surface area (Å²) >= 11 is 0. The Morgan fingerprint density at radius 3 is 2.90 bits per heavy atom. The van der Waals surface area contributed by atoms with Crippen molar-refractivity contribution in [1.29, 1.82) is 0 Å². The van der Waals surface area contributed by atoms with E-state index in [9.17, 15) is 4.79 Å². The second-order valence-corrected chi connectivity index (χ2v) is 4.28. The summed E-state index contributed by atoms with van der Waals surface area (Å²) < 4.78 is 6.30. The van der Waals surface area contributed by atoms with Gasteiger partial charge in [-0.25, -0.2) is 9.67 Å². The fourth-order valence-corrected chi connectivity index (χ4v) is 1.92. The lowest BCUT2D eigenvalue weighted by Gasteiger charge is -2.12. The van der Waals surface area contributed by atoms with Crippen LogP contribution in [0.1, 0.15) is 18.5 Å². The first-order valence-electron chi connectivity index (χ1n) is 5.99. The summed E-state index contributed by atoms with van der Waals surface area (Å²) in [6.07, 6.45) is 3.11. The van der Waals surface area contributed by atoms with Crippen molar-refractivity contribution in [3.8, 4) is 5.88 Å². The van der Waals surface area contributed by atoms with Crippen molar-refractivity contribution in [2.24, 2.45) is 0 Å². The van der Waals surface area contributed by atoms with Gasteiger partial charge in [0.1, 0.15) is 5.52 Å². The maximum atomic E-state index is 12.3. The van der Waals surface area contributed by atoms with Crippen LogP contribution >= 0.6 is 0 Å². The number of aromatic nitrogens is 6. The molecule has 0 unspecified atom stereocenters. The molecule has 3 rings (SSSR count). The summed E-state index contributed by atoms with van der Waals surface area (Å²) in [6.45, 7) is 1.85. The van der Waals surface area contributed by atoms with E-state index >= 15 is 0 Å². The highest BCUT2D eigenvalue weighted by molar-refractivity contribution is 5.70. The van der Waals surface area contributed by atoms with E-state index in [1.54, 1.807) is 19.4 Å². The van der Waals surface area contributed by atoms with Gasteiger partial charge in [0, 0.05) is 12.3 Å². The molecule has 0 saturated heterocycles. The molecule has 0 bridgehead atoms. The van der Waals surface area contributed by atoms with Gasteiger partial charge in [-0.3, -0.25) is 9.89 Å². The second kappa shape index (κ2) is 4.72. The summed E-state index contributed by atoms with van der Waals surface area (Å²) in [4.78, 5) is 16.4. The number of hydrogen-bond donors (Lipinski definition) is 1.